The lowest BCUT2D eigenvalue weighted by Crippen LogP contribution is -2.23. The molecule has 0 spiro atoms. The van der Waals surface area contributed by atoms with Crippen molar-refractivity contribution in [2.24, 2.45) is 5.92 Å². The Kier molecular flexibility index (Phi) is 5.08. The van der Waals surface area contributed by atoms with Gasteiger partial charge in [-0.25, -0.2) is 8.42 Å². The second-order valence-corrected chi connectivity index (χ2v) is 8.46. The fraction of sp³-hybridized carbons (Fsp3) is 0.263. The summed E-state index contributed by atoms with van der Waals surface area (Å²) in [5, 5.41) is 5.63. The second kappa shape index (κ2) is 7.29. The van der Waals surface area contributed by atoms with Gasteiger partial charge in [0.15, 0.2) is 9.84 Å². The Bertz CT molecular complexity index is 950. The molecule has 1 aliphatic carbocycles. The highest BCUT2D eigenvalue weighted by Gasteiger charge is 2.29. The summed E-state index contributed by atoms with van der Waals surface area (Å²) < 4.78 is 23.2. The predicted molar refractivity (Wildman–Crippen MR) is 98.5 cm³/mol. The van der Waals surface area contributed by atoms with Crippen LogP contribution in [0.1, 0.15) is 28.8 Å². The highest BCUT2D eigenvalue weighted by molar-refractivity contribution is 7.90. The van der Waals surface area contributed by atoms with Gasteiger partial charge in [0.2, 0.25) is 5.91 Å². The van der Waals surface area contributed by atoms with Crippen molar-refractivity contribution in [3.05, 3.63) is 59.7 Å². The molecule has 0 heterocycles. The minimum atomic E-state index is -3.37. The topological polar surface area (TPSA) is 92.3 Å². The molecule has 26 heavy (non-hydrogen) atoms. The van der Waals surface area contributed by atoms with Crippen LogP contribution < -0.4 is 10.6 Å². The van der Waals surface area contributed by atoms with Crippen LogP contribution in [0.5, 0.6) is 0 Å². The van der Waals surface area contributed by atoms with Crippen LogP contribution in [-0.2, 0) is 21.2 Å². The predicted octanol–water partition coefficient (Wildman–Crippen LogP) is 2.37. The number of sulfone groups is 1. The van der Waals surface area contributed by atoms with Gasteiger partial charge in [-0.3, -0.25) is 9.59 Å². The van der Waals surface area contributed by atoms with E-state index in [1.165, 1.54) is 12.1 Å². The summed E-state index contributed by atoms with van der Waals surface area (Å²) in [5.74, 6) is -0.202. The van der Waals surface area contributed by atoms with Gasteiger partial charge in [-0.15, -0.1) is 0 Å². The van der Waals surface area contributed by atoms with E-state index in [2.05, 4.69) is 10.6 Å². The molecule has 0 unspecified atom stereocenters. The maximum absolute atomic E-state index is 12.3. The number of amides is 2. The van der Waals surface area contributed by atoms with Gasteiger partial charge < -0.3 is 10.6 Å². The van der Waals surface area contributed by atoms with Crippen LogP contribution in [0.25, 0.3) is 0 Å². The lowest BCUT2D eigenvalue weighted by atomic mass is 10.1. The number of carbonyl (C=O) groups excluding carboxylic acids is 2. The Morgan fingerprint density at radius 3 is 2.50 bits per heavy atom. The molecule has 0 radical (unpaired) electrons. The normalized spacial score (nSPS) is 13.9. The zero-order chi connectivity index (χ0) is 18.7. The summed E-state index contributed by atoms with van der Waals surface area (Å²) in [4.78, 5) is 24.2. The van der Waals surface area contributed by atoms with Crippen molar-refractivity contribution in [3.8, 4) is 0 Å². The molecule has 2 N–H and O–H groups in total. The number of rotatable bonds is 6. The number of benzene rings is 2. The Balaban J connectivity index is 1.63. The van der Waals surface area contributed by atoms with Crippen LogP contribution in [0.2, 0.25) is 0 Å². The summed E-state index contributed by atoms with van der Waals surface area (Å²) in [6.07, 6.45) is 2.98. The molecule has 0 aliphatic heterocycles. The first kappa shape index (κ1) is 18.1. The lowest BCUT2D eigenvalue weighted by molar-refractivity contribution is -0.117. The smallest absolute Gasteiger partial charge is 0.251 e. The van der Waals surface area contributed by atoms with Crippen LogP contribution in [0.3, 0.4) is 0 Å². The van der Waals surface area contributed by atoms with E-state index in [0.717, 1.165) is 24.7 Å². The molecule has 2 amide bonds. The van der Waals surface area contributed by atoms with Crippen molar-refractivity contribution in [2.45, 2.75) is 24.3 Å². The molecule has 0 bridgehead atoms. The number of hydrogen-bond acceptors (Lipinski definition) is 4. The average molecular weight is 372 g/mol. The first-order valence-corrected chi connectivity index (χ1v) is 10.2. The molecule has 1 fully saturated rings. The fourth-order valence-corrected chi connectivity index (χ4v) is 3.17. The number of carbonyl (C=O) groups is 2. The molecule has 1 aliphatic rings. The standard InChI is InChI=1S/C19H20N2O4S/c1-26(24,25)17-7-3-5-15(11-17)18(22)20-12-13-4-2-6-16(10-13)21-19(23)14-8-9-14/h2-7,10-11,14H,8-9,12H2,1H3,(H,20,22)(H,21,23). The molecule has 136 valence electrons. The van der Waals surface area contributed by atoms with Gasteiger partial charge >= 0.3 is 0 Å². The molecule has 1 saturated carbocycles. The molecule has 0 aromatic heterocycles. The van der Waals surface area contributed by atoms with Crippen molar-refractivity contribution >= 4 is 27.3 Å². The molecular weight excluding hydrogens is 352 g/mol. The quantitative estimate of drug-likeness (QED) is 0.814. The van der Waals surface area contributed by atoms with E-state index in [9.17, 15) is 18.0 Å². The van der Waals surface area contributed by atoms with Crippen molar-refractivity contribution in [2.75, 3.05) is 11.6 Å². The first-order chi connectivity index (χ1) is 12.3. The molecule has 3 rings (SSSR count). The second-order valence-electron chi connectivity index (χ2n) is 6.45. The lowest BCUT2D eigenvalue weighted by Gasteiger charge is -2.09. The van der Waals surface area contributed by atoms with E-state index in [0.29, 0.717) is 5.69 Å². The van der Waals surface area contributed by atoms with Gasteiger partial charge in [-0.2, -0.15) is 0 Å². The Hall–Kier alpha value is -2.67. The van der Waals surface area contributed by atoms with Crippen LogP contribution in [0, 0.1) is 5.92 Å². The minimum absolute atomic E-state index is 0.0313. The van der Waals surface area contributed by atoms with E-state index in [1.807, 2.05) is 18.2 Å². The highest BCUT2D eigenvalue weighted by atomic mass is 32.2. The zero-order valence-corrected chi connectivity index (χ0v) is 15.2. The SMILES string of the molecule is CS(=O)(=O)c1cccc(C(=O)NCc2cccc(NC(=O)C3CC3)c2)c1. The third-order valence-corrected chi connectivity index (χ3v) is 5.23. The van der Waals surface area contributed by atoms with Gasteiger partial charge in [-0.1, -0.05) is 18.2 Å². The summed E-state index contributed by atoms with van der Waals surface area (Å²) in [5.41, 5.74) is 1.82. The Labute approximate surface area is 152 Å². The number of hydrogen-bond donors (Lipinski definition) is 2. The van der Waals surface area contributed by atoms with E-state index < -0.39 is 9.84 Å². The van der Waals surface area contributed by atoms with Crippen molar-refractivity contribution < 1.29 is 18.0 Å². The summed E-state index contributed by atoms with van der Waals surface area (Å²) >= 11 is 0. The minimum Gasteiger partial charge on any atom is -0.348 e. The van der Waals surface area contributed by atoms with Crippen molar-refractivity contribution in [1.29, 1.82) is 0 Å². The van der Waals surface area contributed by atoms with E-state index in [1.54, 1.807) is 18.2 Å². The van der Waals surface area contributed by atoms with Crippen LogP contribution in [-0.4, -0.2) is 26.5 Å². The van der Waals surface area contributed by atoms with E-state index >= 15 is 0 Å². The largest absolute Gasteiger partial charge is 0.348 e. The summed E-state index contributed by atoms with van der Waals surface area (Å²) in [6.45, 7) is 0.273. The van der Waals surface area contributed by atoms with Crippen LogP contribution in [0.4, 0.5) is 5.69 Å². The monoisotopic (exact) mass is 372 g/mol. The third kappa shape index (κ3) is 4.70. The van der Waals surface area contributed by atoms with Gasteiger partial charge in [0.05, 0.1) is 4.90 Å². The number of anilines is 1. The van der Waals surface area contributed by atoms with Crippen molar-refractivity contribution in [3.63, 3.8) is 0 Å². The summed E-state index contributed by atoms with van der Waals surface area (Å²) in [7, 11) is -3.37. The Morgan fingerprint density at radius 2 is 1.81 bits per heavy atom. The van der Waals surface area contributed by atoms with Crippen molar-refractivity contribution in [1.82, 2.24) is 5.32 Å². The molecule has 2 aromatic rings. The number of nitrogens with one attached hydrogen (secondary N) is 2. The molecule has 6 nitrogen and oxygen atoms in total. The molecule has 0 atom stereocenters. The maximum Gasteiger partial charge on any atom is 0.251 e. The molecule has 2 aromatic carbocycles. The van der Waals surface area contributed by atoms with E-state index in [-0.39, 0.29) is 34.7 Å². The first-order valence-electron chi connectivity index (χ1n) is 8.31. The molecule has 0 saturated heterocycles. The maximum atomic E-state index is 12.3. The Morgan fingerprint density at radius 1 is 1.08 bits per heavy atom. The van der Waals surface area contributed by atoms with Gasteiger partial charge in [0, 0.05) is 30.0 Å². The molecule has 7 heteroatoms. The van der Waals surface area contributed by atoms with Gasteiger partial charge in [-0.05, 0) is 48.7 Å². The fourth-order valence-electron chi connectivity index (χ4n) is 2.50. The summed E-state index contributed by atoms with van der Waals surface area (Å²) in [6, 6.07) is 13.2. The third-order valence-electron chi connectivity index (χ3n) is 4.12. The van der Waals surface area contributed by atoms with Gasteiger partial charge in [0.1, 0.15) is 0 Å². The van der Waals surface area contributed by atoms with Crippen LogP contribution >= 0.6 is 0 Å². The highest BCUT2D eigenvalue weighted by Crippen LogP contribution is 2.30. The average Bonchev–Trinajstić information content (AvgIpc) is 3.44. The molecular formula is C19H20N2O4S. The van der Waals surface area contributed by atoms with Gasteiger partial charge in [0.25, 0.3) is 5.91 Å². The zero-order valence-electron chi connectivity index (χ0n) is 14.4. The van der Waals surface area contributed by atoms with Crippen LogP contribution in [0.15, 0.2) is 53.4 Å². The van der Waals surface area contributed by atoms with E-state index in [4.69, 9.17) is 0 Å².